The molecule has 7 heteroatoms. The van der Waals surface area contributed by atoms with Gasteiger partial charge in [-0.25, -0.2) is 0 Å². The summed E-state index contributed by atoms with van der Waals surface area (Å²) in [6.07, 6.45) is 2.44. The van der Waals surface area contributed by atoms with E-state index in [1.165, 1.54) is 0 Å². The molecule has 2 aromatic carbocycles. The van der Waals surface area contributed by atoms with E-state index in [0.717, 1.165) is 66.4 Å². The molecule has 7 nitrogen and oxygen atoms in total. The smallest absolute Gasteiger partial charge is 0.224 e. The first kappa shape index (κ1) is 22.2. The molecule has 1 saturated heterocycles. The van der Waals surface area contributed by atoms with Crippen molar-refractivity contribution in [1.29, 1.82) is 0 Å². The molecule has 0 spiro atoms. The summed E-state index contributed by atoms with van der Waals surface area (Å²) in [5, 5.41) is 4.17. The van der Waals surface area contributed by atoms with Crippen LogP contribution < -0.4 is 14.8 Å². The molecule has 1 N–H and O–H groups in total. The largest absolute Gasteiger partial charge is 0.497 e. The average molecular weight is 438 g/mol. The van der Waals surface area contributed by atoms with Crippen molar-refractivity contribution in [3.8, 4) is 11.5 Å². The number of aromatic nitrogens is 1. The number of ether oxygens (including phenoxy) is 3. The summed E-state index contributed by atoms with van der Waals surface area (Å²) in [7, 11) is 3.30. The lowest BCUT2D eigenvalue weighted by Crippen LogP contribution is -2.41. The van der Waals surface area contributed by atoms with Gasteiger partial charge < -0.3 is 24.1 Å². The Bertz CT molecular complexity index is 1030. The Morgan fingerprint density at radius 2 is 1.78 bits per heavy atom. The first-order chi connectivity index (χ1) is 15.7. The molecule has 0 atom stereocenters. The van der Waals surface area contributed by atoms with Crippen molar-refractivity contribution in [3.05, 3.63) is 59.8 Å². The summed E-state index contributed by atoms with van der Waals surface area (Å²) in [6.45, 7) is 5.57. The predicted octanol–water partition coefficient (Wildman–Crippen LogP) is 2.70. The second-order valence-electron chi connectivity index (χ2n) is 8.00. The van der Waals surface area contributed by atoms with Crippen molar-refractivity contribution < 1.29 is 19.0 Å². The number of nitrogens with zero attached hydrogens (tertiary/aromatic N) is 2. The van der Waals surface area contributed by atoms with Crippen LogP contribution in [0, 0.1) is 0 Å². The SMILES string of the molecule is COc1cc(Cn2cc(CC(=O)NCCN3CCOCC3)c3ccccc32)cc(OC)c1. The number of nitrogens with one attached hydrogen (secondary N) is 1. The van der Waals surface area contributed by atoms with Crippen LogP contribution in [0.4, 0.5) is 0 Å². The fourth-order valence-corrected chi connectivity index (χ4v) is 4.16. The van der Waals surface area contributed by atoms with Gasteiger partial charge in [0, 0.05) is 55.9 Å². The van der Waals surface area contributed by atoms with Crippen molar-refractivity contribution in [2.45, 2.75) is 13.0 Å². The van der Waals surface area contributed by atoms with E-state index in [1.807, 2.05) is 30.3 Å². The fourth-order valence-electron chi connectivity index (χ4n) is 4.16. The zero-order valence-electron chi connectivity index (χ0n) is 18.8. The maximum absolute atomic E-state index is 12.6. The van der Waals surface area contributed by atoms with Crippen molar-refractivity contribution in [2.24, 2.45) is 0 Å². The zero-order chi connectivity index (χ0) is 22.3. The predicted molar refractivity (Wildman–Crippen MR) is 125 cm³/mol. The first-order valence-electron chi connectivity index (χ1n) is 11.0. The van der Waals surface area contributed by atoms with E-state index in [4.69, 9.17) is 14.2 Å². The molecule has 4 rings (SSSR count). The standard InChI is InChI=1S/C25H31N3O4/c1-30-21-13-19(14-22(16-21)31-2)17-28-18-20(23-5-3-4-6-24(23)28)15-25(29)26-7-8-27-9-11-32-12-10-27/h3-6,13-14,16,18H,7-12,15,17H2,1-2H3,(H,26,29). The van der Waals surface area contributed by atoms with E-state index in [0.29, 0.717) is 19.5 Å². The molecule has 1 fully saturated rings. The number of hydrogen-bond donors (Lipinski definition) is 1. The third-order valence-electron chi connectivity index (χ3n) is 5.84. The number of hydrogen-bond acceptors (Lipinski definition) is 5. The Hall–Kier alpha value is -3.03. The van der Waals surface area contributed by atoms with Gasteiger partial charge in [0.1, 0.15) is 11.5 Å². The maximum atomic E-state index is 12.6. The highest BCUT2D eigenvalue weighted by Gasteiger charge is 2.14. The van der Waals surface area contributed by atoms with Crippen LogP contribution in [0.2, 0.25) is 0 Å². The molecule has 1 amide bonds. The number of morpholine rings is 1. The number of fused-ring (bicyclic) bond motifs is 1. The van der Waals surface area contributed by atoms with Gasteiger partial charge in [-0.05, 0) is 29.3 Å². The summed E-state index contributed by atoms with van der Waals surface area (Å²) in [5.74, 6) is 1.57. The lowest BCUT2D eigenvalue weighted by molar-refractivity contribution is -0.120. The molecule has 2 heterocycles. The van der Waals surface area contributed by atoms with Crippen LogP contribution in [0.1, 0.15) is 11.1 Å². The number of benzene rings is 2. The lowest BCUT2D eigenvalue weighted by atomic mass is 10.1. The topological polar surface area (TPSA) is 65.0 Å². The van der Waals surface area contributed by atoms with Crippen LogP contribution in [-0.4, -0.2) is 69.0 Å². The third kappa shape index (κ3) is 5.41. The van der Waals surface area contributed by atoms with Crippen molar-refractivity contribution in [1.82, 2.24) is 14.8 Å². The van der Waals surface area contributed by atoms with E-state index in [9.17, 15) is 4.79 Å². The van der Waals surface area contributed by atoms with Gasteiger partial charge in [-0.3, -0.25) is 9.69 Å². The molecule has 3 aromatic rings. The number of rotatable bonds is 9. The third-order valence-corrected chi connectivity index (χ3v) is 5.84. The Morgan fingerprint density at radius 3 is 2.50 bits per heavy atom. The minimum Gasteiger partial charge on any atom is -0.497 e. The van der Waals surface area contributed by atoms with Crippen molar-refractivity contribution in [2.75, 3.05) is 53.6 Å². The lowest BCUT2D eigenvalue weighted by Gasteiger charge is -2.26. The Balaban J connectivity index is 1.46. The summed E-state index contributed by atoms with van der Waals surface area (Å²) in [6, 6.07) is 14.1. The number of methoxy groups -OCH3 is 2. The highest BCUT2D eigenvalue weighted by Crippen LogP contribution is 2.26. The molecule has 0 bridgehead atoms. The second kappa shape index (κ2) is 10.5. The molecule has 0 aliphatic carbocycles. The highest BCUT2D eigenvalue weighted by atomic mass is 16.5. The summed E-state index contributed by atoms with van der Waals surface area (Å²) in [5.41, 5.74) is 3.20. The molecule has 1 aromatic heterocycles. The summed E-state index contributed by atoms with van der Waals surface area (Å²) in [4.78, 5) is 15.0. The Kier molecular flexibility index (Phi) is 7.29. The molecular formula is C25H31N3O4. The van der Waals surface area contributed by atoms with Gasteiger partial charge in [0.05, 0.1) is 33.9 Å². The van der Waals surface area contributed by atoms with Gasteiger partial charge in [-0.15, -0.1) is 0 Å². The van der Waals surface area contributed by atoms with E-state index in [2.05, 4.69) is 33.1 Å². The van der Waals surface area contributed by atoms with E-state index in [-0.39, 0.29) is 5.91 Å². The summed E-state index contributed by atoms with van der Waals surface area (Å²) < 4.78 is 18.4. The monoisotopic (exact) mass is 437 g/mol. The maximum Gasteiger partial charge on any atom is 0.224 e. The molecule has 1 aliphatic heterocycles. The van der Waals surface area contributed by atoms with Crippen molar-refractivity contribution >= 4 is 16.8 Å². The quantitative estimate of drug-likeness (QED) is 0.558. The molecule has 0 unspecified atom stereocenters. The second-order valence-corrected chi connectivity index (χ2v) is 8.00. The van der Waals surface area contributed by atoms with Crippen LogP contribution in [0.25, 0.3) is 10.9 Å². The van der Waals surface area contributed by atoms with Crippen LogP contribution in [-0.2, 0) is 22.5 Å². The minimum atomic E-state index is 0.0456. The van der Waals surface area contributed by atoms with Crippen molar-refractivity contribution in [3.63, 3.8) is 0 Å². The van der Waals surface area contributed by atoms with E-state index in [1.54, 1.807) is 14.2 Å². The number of carbonyl (C=O) groups is 1. The first-order valence-corrected chi connectivity index (χ1v) is 11.0. The number of para-hydroxylation sites is 1. The van der Waals surface area contributed by atoms with Crippen LogP contribution in [0.15, 0.2) is 48.7 Å². The molecule has 0 radical (unpaired) electrons. The van der Waals surface area contributed by atoms with Gasteiger partial charge in [-0.2, -0.15) is 0 Å². The Labute approximate surface area is 188 Å². The number of amides is 1. The van der Waals surface area contributed by atoms with E-state index >= 15 is 0 Å². The van der Waals surface area contributed by atoms with Gasteiger partial charge in [0.15, 0.2) is 0 Å². The van der Waals surface area contributed by atoms with Gasteiger partial charge in [0.2, 0.25) is 5.91 Å². The van der Waals surface area contributed by atoms with Crippen LogP contribution >= 0.6 is 0 Å². The van der Waals surface area contributed by atoms with Gasteiger partial charge >= 0.3 is 0 Å². The average Bonchev–Trinajstić information content (AvgIpc) is 3.16. The molecule has 1 aliphatic rings. The molecular weight excluding hydrogens is 406 g/mol. The Morgan fingerprint density at radius 1 is 1.06 bits per heavy atom. The number of carbonyl (C=O) groups excluding carboxylic acids is 1. The minimum absolute atomic E-state index is 0.0456. The van der Waals surface area contributed by atoms with Crippen LogP contribution in [0.5, 0.6) is 11.5 Å². The molecule has 170 valence electrons. The molecule has 32 heavy (non-hydrogen) atoms. The van der Waals surface area contributed by atoms with Gasteiger partial charge in [-0.1, -0.05) is 18.2 Å². The van der Waals surface area contributed by atoms with E-state index < -0.39 is 0 Å². The van der Waals surface area contributed by atoms with Crippen LogP contribution in [0.3, 0.4) is 0 Å². The fraction of sp³-hybridized carbons (Fsp3) is 0.400. The zero-order valence-corrected chi connectivity index (χ0v) is 18.8. The highest BCUT2D eigenvalue weighted by molar-refractivity contribution is 5.89. The molecule has 0 saturated carbocycles. The summed E-state index contributed by atoms with van der Waals surface area (Å²) >= 11 is 0. The normalized spacial score (nSPS) is 14.4. The van der Waals surface area contributed by atoms with Gasteiger partial charge in [0.25, 0.3) is 0 Å².